The van der Waals surface area contributed by atoms with Crippen LogP contribution in [0, 0.1) is 0 Å². The van der Waals surface area contributed by atoms with Crippen molar-refractivity contribution in [2.75, 3.05) is 25.4 Å². The fourth-order valence-corrected chi connectivity index (χ4v) is 2.21. The Morgan fingerprint density at radius 1 is 1.50 bits per heavy atom. The van der Waals surface area contributed by atoms with Crippen LogP contribution in [0.2, 0.25) is 0 Å². The monoisotopic (exact) mass is 253 g/mol. The number of ether oxygens (including phenoxy) is 1. The molecule has 1 aromatic heterocycles. The molecule has 1 aliphatic heterocycles. The van der Waals surface area contributed by atoms with Crippen LogP contribution in [0.1, 0.15) is 31.9 Å². The lowest BCUT2D eigenvalue weighted by molar-refractivity contribution is -0.0599. The molecule has 5 heteroatoms. The molecule has 0 saturated carbocycles. The van der Waals surface area contributed by atoms with Crippen molar-refractivity contribution >= 4 is 5.82 Å². The van der Waals surface area contributed by atoms with Gasteiger partial charge in [-0.15, -0.1) is 0 Å². The maximum atomic E-state index is 5.87. The Kier molecular flexibility index (Phi) is 5.53. The summed E-state index contributed by atoms with van der Waals surface area (Å²) < 4.78 is 5.87. The van der Waals surface area contributed by atoms with E-state index in [1.807, 2.05) is 18.3 Å². The molecule has 4 N–H and O–H groups in total. The Hall–Kier alpha value is -1.17. The van der Waals surface area contributed by atoms with Crippen molar-refractivity contribution in [3.63, 3.8) is 0 Å². The molecule has 0 aromatic carbocycles. The molecule has 0 unspecified atom stereocenters. The molecule has 102 valence electrons. The van der Waals surface area contributed by atoms with E-state index in [1.165, 1.54) is 6.42 Å². The maximum absolute atomic E-state index is 5.87. The number of hydrogen-bond acceptors (Lipinski definition) is 4. The van der Waals surface area contributed by atoms with Gasteiger partial charge < -0.3 is 15.9 Å². The second-order valence-corrected chi connectivity index (χ2v) is 4.68. The SMILES string of the molecule is CCCN1C[C@@H](c2ccc(N)nc2)OC[C@@H]1C.O. The number of anilines is 1. The maximum Gasteiger partial charge on any atom is 0.123 e. The van der Waals surface area contributed by atoms with Gasteiger partial charge in [0.1, 0.15) is 5.82 Å². The first-order chi connectivity index (χ1) is 8.20. The number of aromatic nitrogens is 1. The Bertz CT molecular complexity index is 356. The second kappa shape index (κ2) is 6.68. The smallest absolute Gasteiger partial charge is 0.123 e. The standard InChI is InChI=1S/C13H21N3O.H2O/c1-3-6-16-8-12(17-9-10(16)2)11-4-5-13(14)15-7-11;/h4-5,7,10,12H,3,6,8-9H2,1-2H3,(H2,14,15);1H2/t10-,12-;/m0./s1. The summed E-state index contributed by atoms with van der Waals surface area (Å²) in [5.74, 6) is 0.559. The highest BCUT2D eigenvalue weighted by Gasteiger charge is 2.26. The molecule has 2 atom stereocenters. The van der Waals surface area contributed by atoms with Gasteiger partial charge in [-0.05, 0) is 26.0 Å². The quantitative estimate of drug-likeness (QED) is 0.871. The van der Waals surface area contributed by atoms with Crippen LogP contribution in [0.5, 0.6) is 0 Å². The third-order valence-electron chi connectivity index (χ3n) is 3.25. The van der Waals surface area contributed by atoms with Gasteiger partial charge in [-0.1, -0.05) is 13.0 Å². The number of nitrogens with zero attached hydrogens (tertiary/aromatic N) is 2. The molecule has 0 amide bonds. The first-order valence-corrected chi connectivity index (χ1v) is 6.27. The molecule has 1 aromatic rings. The molecule has 1 saturated heterocycles. The van der Waals surface area contributed by atoms with E-state index in [-0.39, 0.29) is 11.6 Å². The molecule has 0 radical (unpaired) electrons. The number of hydrogen-bond donors (Lipinski definition) is 1. The molecular weight excluding hydrogens is 230 g/mol. The predicted octanol–water partition coefficient (Wildman–Crippen LogP) is 1.01. The second-order valence-electron chi connectivity index (χ2n) is 4.68. The van der Waals surface area contributed by atoms with Crippen LogP contribution < -0.4 is 5.73 Å². The number of nitrogens with two attached hydrogens (primary N) is 1. The Balaban J connectivity index is 0.00000162. The fraction of sp³-hybridized carbons (Fsp3) is 0.615. The average Bonchev–Trinajstić information content (AvgIpc) is 2.33. The molecule has 0 aliphatic carbocycles. The highest BCUT2D eigenvalue weighted by Crippen LogP contribution is 2.24. The largest absolute Gasteiger partial charge is 0.412 e. The summed E-state index contributed by atoms with van der Waals surface area (Å²) in [4.78, 5) is 6.60. The summed E-state index contributed by atoms with van der Waals surface area (Å²) in [5.41, 5.74) is 6.71. The number of morpholine rings is 1. The summed E-state index contributed by atoms with van der Waals surface area (Å²) >= 11 is 0. The van der Waals surface area contributed by atoms with Crippen LogP contribution in [-0.2, 0) is 4.74 Å². The van der Waals surface area contributed by atoms with Crippen molar-refractivity contribution in [3.05, 3.63) is 23.9 Å². The lowest BCUT2D eigenvalue weighted by Gasteiger charge is -2.38. The van der Waals surface area contributed by atoms with Crippen LogP contribution in [-0.4, -0.2) is 41.1 Å². The van der Waals surface area contributed by atoms with Crippen LogP contribution in [0.3, 0.4) is 0 Å². The normalized spacial score (nSPS) is 24.6. The zero-order valence-electron chi connectivity index (χ0n) is 11.1. The van der Waals surface area contributed by atoms with Gasteiger partial charge in [0.15, 0.2) is 0 Å². The van der Waals surface area contributed by atoms with Crippen molar-refractivity contribution in [3.8, 4) is 0 Å². The minimum atomic E-state index is 0. The van der Waals surface area contributed by atoms with E-state index >= 15 is 0 Å². The lowest BCUT2D eigenvalue weighted by atomic mass is 10.1. The predicted molar refractivity (Wildman–Crippen MR) is 72.3 cm³/mol. The summed E-state index contributed by atoms with van der Waals surface area (Å²) in [6.07, 6.45) is 3.13. The van der Waals surface area contributed by atoms with E-state index in [0.29, 0.717) is 11.9 Å². The summed E-state index contributed by atoms with van der Waals surface area (Å²) in [6.45, 7) is 7.29. The Labute approximate surface area is 108 Å². The summed E-state index contributed by atoms with van der Waals surface area (Å²) in [5, 5.41) is 0. The molecule has 0 bridgehead atoms. The topological polar surface area (TPSA) is 82.9 Å². The number of rotatable bonds is 3. The van der Waals surface area contributed by atoms with Crippen molar-refractivity contribution in [1.82, 2.24) is 9.88 Å². The van der Waals surface area contributed by atoms with Gasteiger partial charge >= 0.3 is 0 Å². The lowest BCUT2D eigenvalue weighted by Crippen LogP contribution is -2.45. The zero-order chi connectivity index (χ0) is 12.3. The van der Waals surface area contributed by atoms with E-state index in [9.17, 15) is 0 Å². The first kappa shape index (κ1) is 14.9. The molecule has 18 heavy (non-hydrogen) atoms. The van der Waals surface area contributed by atoms with Crippen LogP contribution in [0.15, 0.2) is 18.3 Å². The fourth-order valence-electron chi connectivity index (χ4n) is 2.21. The van der Waals surface area contributed by atoms with Crippen LogP contribution >= 0.6 is 0 Å². The van der Waals surface area contributed by atoms with E-state index in [4.69, 9.17) is 10.5 Å². The zero-order valence-corrected chi connectivity index (χ0v) is 11.1. The van der Waals surface area contributed by atoms with E-state index in [2.05, 4.69) is 23.7 Å². The van der Waals surface area contributed by atoms with E-state index in [0.717, 1.165) is 25.3 Å². The van der Waals surface area contributed by atoms with Gasteiger partial charge in [0.2, 0.25) is 0 Å². The van der Waals surface area contributed by atoms with Crippen molar-refractivity contribution in [2.24, 2.45) is 0 Å². The molecule has 1 aliphatic rings. The third kappa shape index (κ3) is 3.41. The summed E-state index contributed by atoms with van der Waals surface area (Å²) in [7, 11) is 0. The molecule has 2 heterocycles. The van der Waals surface area contributed by atoms with Crippen molar-refractivity contribution in [2.45, 2.75) is 32.4 Å². The molecule has 2 rings (SSSR count). The number of pyridine rings is 1. The minimum absolute atomic E-state index is 0. The molecule has 5 nitrogen and oxygen atoms in total. The third-order valence-corrected chi connectivity index (χ3v) is 3.25. The van der Waals surface area contributed by atoms with Crippen LogP contribution in [0.25, 0.3) is 0 Å². The van der Waals surface area contributed by atoms with E-state index in [1.54, 1.807) is 0 Å². The van der Waals surface area contributed by atoms with Crippen molar-refractivity contribution in [1.29, 1.82) is 0 Å². The average molecular weight is 253 g/mol. The molecule has 1 fully saturated rings. The van der Waals surface area contributed by atoms with E-state index < -0.39 is 0 Å². The number of nitrogen functional groups attached to an aromatic ring is 1. The molecule has 0 spiro atoms. The van der Waals surface area contributed by atoms with Gasteiger partial charge in [-0.2, -0.15) is 0 Å². The first-order valence-electron chi connectivity index (χ1n) is 6.27. The van der Waals surface area contributed by atoms with Crippen molar-refractivity contribution < 1.29 is 10.2 Å². The van der Waals surface area contributed by atoms with Gasteiger partial charge in [0.05, 0.1) is 12.7 Å². The van der Waals surface area contributed by atoms with Gasteiger partial charge in [-0.3, -0.25) is 4.90 Å². The van der Waals surface area contributed by atoms with Gasteiger partial charge in [-0.25, -0.2) is 4.98 Å². The highest BCUT2D eigenvalue weighted by molar-refractivity contribution is 5.30. The van der Waals surface area contributed by atoms with Gasteiger partial charge in [0, 0.05) is 24.3 Å². The highest BCUT2D eigenvalue weighted by atomic mass is 16.5. The Morgan fingerprint density at radius 3 is 2.89 bits per heavy atom. The van der Waals surface area contributed by atoms with Crippen LogP contribution in [0.4, 0.5) is 5.82 Å². The molecular formula is C13H23N3O2. The summed E-state index contributed by atoms with van der Waals surface area (Å²) in [6, 6.07) is 4.35. The van der Waals surface area contributed by atoms with Gasteiger partial charge in [0.25, 0.3) is 0 Å². The Morgan fingerprint density at radius 2 is 2.28 bits per heavy atom. The minimum Gasteiger partial charge on any atom is -0.412 e.